The van der Waals surface area contributed by atoms with Crippen LogP contribution in [-0.2, 0) is 18.4 Å². The number of hydrogen-bond acceptors (Lipinski definition) is 11. The van der Waals surface area contributed by atoms with E-state index >= 15 is 0 Å². The van der Waals surface area contributed by atoms with Gasteiger partial charge in [0.25, 0.3) is 0 Å². The molecule has 0 bridgehead atoms. The molecule has 14 heteroatoms. The minimum Gasteiger partial charge on any atom is -0.393 e. The Morgan fingerprint density at radius 1 is 0.603 bits per heavy atom. The van der Waals surface area contributed by atoms with Gasteiger partial charge in [-0.1, -0.05) is 187 Å². The van der Waals surface area contributed by atoms with Crippen LogP contribution < -0.4 is 5.32 Å². The van der Waals surface area contributed by atoms with E-state index in [2.05, 4.69) is 19.2 Å². The second-order valence-electron chi connectivity index (χ2n) is 16.8. The van der Waals surface area contributed by atoms with Gasteiger partial charge in [0.1, 0.15) is 36.6 Å². The van der Waals surface area contributed by atoms with Crippen LogP contribution in [0, 0.1) is 0 Å². The highest BCUT2D eigenvalue weighted by Gasteiger charge is 2.51. The monoisotopic (exact) mass is 852 g/mol. The zero-order valence-corrected chi connectivity index (χ0v) is 37.1. The average Bonchev–Trinajstić information content (AvgIpc) is 3.19. The number of amides is 1. The third-order valence-electron chi connectivity index (χ3n) is 11.4. The standard InChI is InChI=1S/C44H86NO12P/c1-3-5-7-9-11-13-15-16-17-18-19-20-21-22-24-26-28-30-32-37(47)36(34-56-58(54,55)57-44-42(52)40(50)39(49)41(51)43(44)53)45-38(48)33-35(46)31-29-27-25-23-14-12-10-8-6-4-2/h30,32,35-37,39-44,46-47,49-53H,3-29,31,33-34H2,1-2H3,(H,45,48)(H,54,55)/b32-30+. The summed E-state index contributed by atoms with van der Waals surface area (Å²) in [5.74, 6) is -0.592. The summed E-state index contributed by atoms with van der Waals surface area (Å²) in [5, 5.41) is 74.3. The van der Waals surface area contributed by atoms with Crippen LogP contribution in [-0.4, -0.2) is 108 Å². The van der Waals surface area contributed by atoms with Crippen molar-refractivity contribution in [3.63, 3.8) is 0 Å². The first-order valence-corrected chi connectivity index (χ1v) is 24.7. The van der Waals surface area contributed by atoms with Gasteiger partial charge in [-0.05, 0) is 19.3 Å². The molecular formula is C44H86NO12P. The Morgan fingerprint density at radius 3 is 1.41 bits per heavy atom. The number of aliphatic hydroxyl groups is 7. The molecule has 0 heterocycles. The summed E-state index contributed by atoms with van der Waals surface area (Å²) < 4.78 is 22.8. The summed E-state index contributed by atoms with van der Waals surface area (Å²) in [5.41, 5.74) is 0. The van der Waals surface area contributed by atoms with Gasteiger partial charge in [0.05, 0.1) is 31.3 Å². The summed E-state index contributed by atoms with van der Waals surface area (Å²) >= 11 is 0. The maximum Gasteiger partial charge on any atom is 0.472 e. The maximum atomic E-state index is 13.0. The van der Waals surface area contributed by atoms with Crippen LogP contribution in [0.4, 0.5) is 0 Å². The van der Waals surface area contributed by atoms with Crippen molar-refractivity contribution in [2.45, 2.75) is 255 Å². The second-order valence-corrected chi connectivity index (χ2v) is 18.2. The number of aliphatic hydroxyl groups excluding tert-OH is 7. The fourth-order valence-electron chi connectivity index (χ4n) is 7.54. The van der Waals surface area contributed by atoms with Crippen molar-refractivity contribution >= 4 is 13.7 Å². The SMILES string of the molecule is CCCCCCCCCCCCCCCCCC/C=C/C(O)C(COP(=O)(O)OC1C(O)C(O)C(O)C(O)C1O)NC(=O)CC(O)CCCCCCCCCCCC. The molecule has 0 aromatic carbocycles. The quantitative estimate of drug-likeness (QED) is 0.0168. The van der Waals surface area contributed by atoms with Gasteiger partial charge < -0.3 is 46.0 Å². The number of phosphoric acid groups is 1. The first-order chi connectivity index (χ1) is 27.8. The molecule has 1 saturated carbocycles. The molecule has 0 aromatic heterocycles. The first-order valence-electron chi connectivity index (χ1n) is 23.2. The van der Waals surface area contributed by atoms with Crippen LogP contribution in [0.1, 0.15) is 200 Å². The van der Waals surface area contributed by atoms with E-state index in [-0.39, 0.29) is 6.42 Å². The normalized spacial score (nSPS) is 23.8. The summed E-state index contributed by atoms with van der Waals surface area (Å²) in [6.45, 7) is 3.72. The Labute approximate surface area is 351 Å². The van der Waals surface area contributed by atoms with E-state index in [4.69, 9.17) is 9.05 Å². The molecule has 8 atom stereocenters. The number of carbonyl (C=O) groups is 1. The van der Waals surface area contributed by atoms with E-state index in [1.165, 1.54) is 128 Å². The molecule has 9 N–H and O–H groups in total. The number of nitrogens with one attached hydrogen (secondary N) is 1. The van der Waals surface area contributed by atoms with Crippen LogP contribution in [0.3, 0.4) is 0 Å². The zero-order valence-electron chi connectivity index (χ0n) is 36.2. The van der Waals surface area contributed by atoms with Crippen molar-refractivity contribution in [3.05, 3.63) is 12.2 Å². The lowest BCUT2D eigenvalue weighted by Gasteiger charge is -2.41. The highest BCUT2D eigenvalue weighted by Crippen LogP contribution is 2.47. The molecular weight excluding hydrogens is 765 g/mol. The van der Waals surface area contributed by atoms with E-state index in [1.807, 2.05) is 0 Å². The Bertz CT molecular complexity index is 1050. The molecule has 1 aliphatic carbocycles. The Kier molecular flexibility index (Phi) is 32.9. The maximum absolute atomic E-state index is 13.0. The topological polar surface area (TPSA) is 226 Å². The number of hydrogen-bond donors (Lipinski definition) is 9. The predicted octanol–water partition coefficient (Wildman–Crippen LogP) is 7.42. The molecule has 1 fully saturated rings. The third kappa shape index (κ3) is 26.4. The van der Waals surface area contributed by atoms with E-state index in [9.17, 15) is 50.0 Å². The Hall–Kier alpha value is -0.960. The fraction of sp³-hybridized carbons (Fsp3) is 0.932. The molecule has 0 aromatic rings. The van der Waals surface area contributed by atoms with Gasteiger partial charge in [0.15, 0.2) is 0 Å². The molecule has 1 rings (SSSR count). The number of allylic oxidation sites excluding steroid dienone is 1. The van der Waals surface area contributed by atoms with Crippen molar-refractivity contribution in [2.24, 2.45) is 0 Å². The third-order valence-corrected chi connectivity index (χ3v) is 12.4. The van der Waals surface area contributed by atoms with Crippen LogP contribution >= 0.6 is 7.82 Å². The summed E-state index contributed by atoms with van der Waals surface area (Å²) in [4.78, 5) is 23.4. The molecule has 13 nitrogen and oxygen atoms in total. The van der Waals surface area contributed by atoms with Gasteiger partial charge in [-0.15, -0.1) is 0 Å². The second kappa shape index (κ2) is 34.6. The van der Waals surface area contributed by atoms with E-state index < -0.39 is 75.2 Å². The van der Waals surface area contributed by atoms with E-state index in [0.717, 1.165) is 44.9 Å². The lowest BCUT2D eigenvalue weighted by Crippen LogP contribution is -2.64. The number of rotatable bonds is 38. The van der Waals surface area contributed by atoms with E-state index in [1.54, 1.807) is 6.08 Å². The van der Waals surface area contributed by atoms with Gasteiger partial charge in [0.2, 0.25) is 5.91 Å². The molecule has 1 aliphatic rings. The lowest BCUT2D eigenvalue weighted by molar-refractivity contribution is -0.220. The van der Waals surface area contributed by atoms with Crippen LogP contribution in [0.2, 0.25) is 0 Å². The minimum atomic E-state index is -5.13. The zero-order chi connectivity index (χ0) is 43.0. The average molecular weight is 852 g/mol. The van der Waals surface area contributed by atoms with Crippen molar-refractivity contribution in [2.75, 3.05) is 6.61 Å². The van der Waals surface area contributed by atoms with Crippen molar-refractivity contribution in [3.8, 4) is 0 Å². The molecule has 8 unspecified atom stereocenters. The molecule has 344 valence electrons. The smallest absolute Gasteiger partial charge is 0.393 e. The molecule has 0 saturated heterocycles. The number of carbonyl (C=O) groups excluding carboxylic acids is 1. The van der Waals surface area contributed by atoms with Gasteiger partial charge in [-0.2, -0.15) is 0 Å². The van der Waals surface area contributed by atoms with Crippen molar-refractivity contribution < 1.29 is 59.0 Å². The van der Waals surface area contributed by atoms with Crippen molar-refractivity contribution in [1.29, 1.82) is 0 Å². The summed E-state index contributed by atoms with van der Waals surface area (Å²) in [6, 6.07) is -1.23. The van der Waals surface area contributed by atoms with Crippen LogP contribution in [0.5, 0.6) is 0 Å². The number of unbranched alkanes of at least 4 members (excludes halogenated alkanes) is 25. The number of phosphoric ester groups is 1. The largest absolute Gasteiger partial charge is 0.472 e. The molecule has 0 spiro atoms. The van der Waals surface area contributed by atoms with E-state index in [0.29, 0.717) is 12.8 Å². The van der Waals surface area contributed by atoms with Gasteiger partial charge in [0, 0.05) is 0 Å². The van der Waals surface area contributed by atoms with Gasteiger partial charge >= 0.3 is 7.82 Å². The van der Waals surface area contributed by atoms with Gasteiger partial charge in [-0.25, -0.2) is 4.57 Å². The summed E-state index contributed by atoms with van der Waals surface area (Å²) in [6.07, 6.45) is 21.6. The lowest BCUT2D eigenvalue weighted by atomic mass is 9.85. The highest BCUT2D eigenvalue weighted by molar-refractivity contribution is 7.47. The molecule has 58 heavy (non-hydrogen) atoms. The van der Waals surface area contributed by atoms with Crippen LogP contribution in [0.25, 0.3) is 0 Å². The van der Waals surface area contributed by atoms with Crippen LogP contribution in [0.15, 0.2) is 12.2 Å². The Morgan fingerprint density at radius 2 is 0.983 bits per heavy atom. The summed E-state index contributed by atoms with van der Waals surface area (Å²) in [7, 11) is -5.13. The predicted molar refractivity (Wildman–Crippen MR) is 229 cm³/mol. The first kappa shape index (κ1) is 55.1. The fourth-order valence-corrected chi connectivity index (χ4v) is 8.50. The highest BCUT2D eigenvalue weighted by atomic mass is 31.2. The minimum absolute atomic E-state index is 0.241. The Balaban J connectivity index is 2.55. The molecule has 0 radical (unpaired) electrons. The van der Waals surface area contributed by atoms with Gasteiger partial charge in [-0.3, -0.25) is 13.8 Å². The molecule has 0 aliphatic heterocycles. The van der Waals surface area contributed by atoms with Crippen molar-refractivity contribution in [1.82, 2.24) is 5.32 Å². The molecule has 1 amide bonds.